The Labute approximate surface area is 99.7 Å². The first-order valence-electron chi connectivity index (χ1n) is 4.99. The van der Waals surface area contributed by atoms with Crippen molar-refractivity contribution in [2.75, 3.05) is 13.6 Å². The van der Waals surface area contributed by atoms with E-state index >= 15 is 0 Å². The highest BCUT2D eigenvalue weighted by Gasteiger charge is 2.07. The second-order valence-electron chi connectivity index (χ2n) is 3.33. The smallest absolute Gasteiger partial charge is 0.336 e. The van der Waals surface area contributed by atoms with E-state index < -0.39 is 5.97 Å². The monoisotopic (exact) mass is 239 g/mol. The van der Waals surface area contributed by atoms with Crippen LogP contribution in [-0.2, 0) is 0 Å². The number of hydrogen-bond donors (Lipinski definition) is 2. The number of benzene rings is 1. The molecule has 0 saturated heterocycles. The predicted molar refractivity (Wildman–Crippen MR) is 66.0 cm³/mol. The van der Waals surface area contributed by atoms with Crippen LogP contribution >= 0.6 is 11.6 Å². The molecule has 1 aromatic carbocycles. The van der Waals surface area contributed by atoms with Crippen LogP contribution in [0.1, 0.15) is 22.3 Å². The number of rotatable bonds is 5. The number of hydrogen-bond acceptors (Lipinski definition) is 2. The van der Waals surface area contributed by atoms with Gasteiger partial charge in [-0.15, -0.1) is 0 Å². The van der Waals surface area contributed by atoms with E-state index in [-0.39, 0.29) is 5.56 Å². The van der Waals surface area contributed by atoms with Gasteiger partial charge >= 0.3 is 5.97 Å². The topological polar surface area (TPSA) is 49.3 Å². The number of aromatic carboxylic acids is 1. The Morgan fingerprint density at radius 2 is 2.31 bits per heavy atom. The van der Waals surface area contributed by atoms with Crippen molar-refractivity contribution in [2.45, 2.75) is 6.42 Å². The van der Waals surface area contributed by atoms with Gasteiger partial charge < -0.3 is 10.4 Å². The van der Waals surface area contributed by atoms with Crippen LogP contribution in [0.4, 0.5) is 0 Å². The fraction of sp³-hybridized carbons (Fsp3) is 0.250. The van der Waals surface area contributed by atoms with Gasteiger partial charge in [-0.1, -0.05) is 23.8 Å². The molecule has 0 aromatic heterocycles. The Morgan fingerprint density at radius 3 is 2.94 bits per heavy atom. The lowest BCUT2D eigenvalue weighted by Gasteiger charge is -2.01. The van der Waals surface area contributed by atoms with E-state index in [1.807, 2.05) is 13.1 Å². The first-order valence-corrected chi connectivity index (χ1v) is 5.37. The van der Waals surface area contributed by atoms with Crippen molar-refractivity contribution >= 4 is 23.6 Å². The molecule has 1 rings (SSSR count). The third-order valence-corrected chi connectivity index (χ3v) is 2.34. The van der Waals surface area contributed by atoms with Crippen molar-refractivity contribution in [3.63, 3.8) is 0 Å². The van der Waals surface area contributed by atoms with Gasteiger partial charge in [-0.05, 0) is 43.8 Å². The molecular weight excluding hydrogens is 226 g/mol. The average Bonchev–Trinajstić information content (AvgIpc) is 2.24. The summed E-state index contributed by atoms with van der Waals surface area (Å²) < 4.78 is 0. The number of carboxylic acids is 1. The predicted octanol–water partition coefficient (Wildman–Crippen LogP) is 2.66. The molecule has 0 heterocycles. The first kappa shape index (κ1) is 12.7. The standard InChI is InChI=1S/C12H14ClNO2/c1-14-7-3-2-4-9-8-10(13)5-6-11(9)12(15)16/h2,4-6,8,14H,3,7H2,1H3,(H,15,16). The fourth-order valence-corrected chi connectivity index (χ4v) is 1.48. The van der Waals surface area contributed by atoms with Crippen molar-refractivity contribution in [1.82, 2.24) is 5.32 Å². The summed E-state index contributed by atoms with van der Waals surface area (Å²) in [6.45, 7) is 0.861. The molecule has 0 radical (unpaired) electrons. The molecule has 0 amide bonds. The Bertz CT molecular complexity index is 402. The van der Waals surface area contributed by atoms with Crippen LogP contribution in [0.15, 0.2) is 24.3 Å². The highest BCUT2D eigenvalue weighted by Crippen LogP contribution is 2.17. The van der Waals surface area contributed by atoms with Gasteiger partial charge in [-0.2, -0.15) is 0 Å². The van der Waals surface area contributed by atoms with E-state index in [2.05, 4.69) is 5.32 Å². The number of halogens is 1. The SMILES string of the molecule is CNCCC=Cc1cc(Cl)ccc1C(=O)O. The van der Waals surface area contributed by atoms with Crippen LogP contribution in [0.2, 0.25) is 5.02 Å². The molecule has 0 unspecified atom stereocenters. The lowest BCUT2D eigenvalue weighted by molar-refractivity contribution is 0.0696. The molecule has 0 aliphatic carbocycles. The Balaban J connectivity index is 2.88. The third-order valence-electron chi connectivity index (χ3n) is 2.10. The van der Waals surface area contributed by atoms with Crippen molar-refractivity contribution in [2.24, 2.45) is 0 Å². The summed E-state index contributed by atoms with van der Waals surface area (Å²) in [5.74, 6) is -0.940. The molecule has 16 heavy (non-hydrogen) atoms. The fourth-order valence-electron chi connectivity index (χ4n) is 1.30. The summed E-state index contributed by atoms with van der Waals surface area (Å²) in [6, 6.07) is 4.75. The molecule has 0 aliphatic heterocycles. The van der Waals surface area contributed by atoms with Crippen LogP contribution in [0, 0.1) is 0 Å². The molecule has 0 aliphatic rings. The molecular formula is C12H14ClNO2. The molecule has 2 N–H and O–H groups in total. The molecule has 0 saturated carbocycles. The Kier molecular flexibility index (Phi) is 5.02. The number of carbonyl (C=O) groups is 1. The molecule has 1 aromatic rings. The van der Waals surface area contributed by atoms with Crippen LogP contribution in [-0.4, -0.2) is 24.7 Å². The van der Waals surface area contributed by atoms with Crippen molar-refractivity contribution < 1.29 is 9.90 Å². The zero-order chi connectivity index (χ0) is 12.0. The summed E-state index contributed by atoms with van der Waals surface area (Å²) in [5.41, 5.74) is 0.904. The third kappa shape index (κ3) is 3.68. The lowest BCUT2D eigenvalue weighted by Crippen LogP contribution is -2.05. The Morgan fingerprint density at radius 1 is 1.56 bits per heavy atom. The number of carboxylic acid groups (broad SMARTS) is 1. The van der Waals surface area contributed by atoms with Gasteiger partial charge in [0.15, 0.2) is 0 Å². The summed E-state index contributed by atoms with van der Waals surface area (Å²) in [7, 11) is 1.87. The molecule has 0 atom stereocenters. The molecule has 86 valence electrons. The van der Waals surface area contributed by atoms with E-state index in [0.29, 0.717) is 10.6 Å². The highest BCUT2D eigenvalue weighted by molar-refractivity contribution is 6.30. The van der Waals surface area contributed by atoms with Crippen molar-refractivity contribution in [3.8, 4) is 0 Å². The second kappa shape index (κ2) is 6.30. The van der Waals surface area contributed by atoms with E-state index in [1.165, 1.54) is 6.07 Å². The molecule has 4 heteroatoms. The largest absolute Gasteiger partial charge is 0.478 e. The summed E-state index contributed by atoms with van der Waals surface area (Å²) >= 11 is 5.82. The minimum atomic E-state index is -0.940. The van der Waals surface area contributed by atoms with Gasteiger partial charge in [-0.25, -0.2) is 4.79 Å². The van der Waals surface area contributed by atoms with Gasteiger partial charge in [0.25, 0.3) is 0 Å². The van der Waals surface area contributed by atoms with Gasteiger partial charge in [0.2, 0.25) is 0 Å². The zero-order valence-corrected chi connectivity index (χ0v) is 9.79. The quantitative estimate of drug-likeness (QED) is 0.777. The van der Waals surface area contributed by atoms with Gasteiger partial charge in [0.1, 0.15) is 0 Å². The normalized spacial score (nSPS) is 10.9. The Hall–Kier alpha value is -1.32. The van der Waals surface area contributed by atoms with Gasteiger partial charge in [0, 0.05) is 5.02 Å². The van der Waals surface area contributed by atoms with Crippen molar-refractivity contribution in [1.29, 1.82) is 0 Å². The van der Waals surface area contributed by atoms with Crippen molar-refractivity contribution in [3.05, 3.63) is 40.4 Å². The molecule has 0 fully saturated rings. The maximum Gasteiger partial charge on any atom is 0.336 e. The van der Waals surface area contributed by atoms with E-state index in [4.69, 9.17) is 16.7 Å². The van der Waals surface area contributed by atoms with E-state index in [9.17, 15) is 4.79 Å². The van der Waals surface area contributed by atoms with Crippen LogP contribution in [0.3, 0.4) is 0 Å². The van der Waals surface area contributed by atoms with E-state index in [0.717, 1.165) is 13.0 Å². The van der Waals surface area contributed by atoms with Gasteiger partial charge in [-0.3, -0.25) is 0 Å². The minimum absolute atomic E-state index is 0.269. The molecule has 0 spiro atoms. The minimum Gasteiger partial charge on any atom is -0.478 e. The number of nitrogens with one attached hydrogen (secondary N) is 1. The summed E-state index contributed by atoms with van der Waals surface area (Å²) in [6.07, 6.45) is 4.56. The summed E-state index contributed by atoms with van der Waals surface area (Å²) in [5, 5.41) is 12.5. The summed E-state index contributed by atoms with van der Waals surface area (Å²) in [4.78, 5) is 10.9. The highest BCUT2D eigenvalue weighted by atomic mass is 35.5. The lowest BCUT2D eigenvalue weighted by atomic mass is 10.1. The van der Waals surface area contributed by atoms with Crippen LogP contribution in [0.5, 0.6) is 0 Å². The molecule has 3 nitrogen and oxygen atoms in total. The van der Waals surface area contributed by atoms with Crippen LogP contribution in [0.25, 0.3) is 6.08 Å². The molecule has 0 bridgehead atoms. The van der Waals surface area contributed by atoms with E-state index in [1.54, 1.807) is 18.2 Å². The van der Waals surface area contributed by atoms with Gasteiger partial charge in [0.05, 0.1) is 5.56 Å². The second-order valence-corrected chi connectivity index (χ2v) is 3.77. The first-order chi connectivity index (χ1) is 7.65. The maximum atomic E-state index is 10.9. The maximum absolute atomic E-state index is 10.9. The van der Waals surface area contributed by atoms with Crippen LogP contribution < -0.4 is 5.32 Å². The zero-order valence-electron chi connectivity index (χ0n) is 9.03. The average molecular weight is 240 g/mol.